The fourth-order valence-corrected chi connectivity index (χ4v) is 2.36. The van der Waals surface area contributed by atoms with E-state index in [1.54, 1.807) is 13.2 Å². The van der Waals surface area contributed by atoms with Crippen molar-refractivity contribution in [2.24, 2.45) is 0 Å². The van der Waals surface area contributed by atoms with Crippen LogP contribution >= 0.6 is 27.3 Å². The lowest BCUT2D eigenvalue weighted by Crippen LogP contribution is -2.17. The SMILES string of the molecule is CNC(=O)c1cn2cc(Br)sc2n1. The average Bonchev–Trinajstić information content (AvgIpc) is 2.59. The van der Waals surface area contributed by atoms with E-state index in [9.17, 15) is 4.79 Å². The number of rotatable bonds is 1. The number of hydrogen-bond acceptors (Lipinski definition) is 3. The first kappa shape index (κ1) is 8.71. The zero-order chi connectivity index (χ0) is 9.42. The molecule has 0 aliphatic carbocycles. The van der Waals surface area contributed by atoms with E-state index in [0.29, 0.717) is 5.69 Å². The Balaban J connectivity index is 2.51. The highest BCUT2D eigenvalue weighted by molar-refractivity contribution is 9.11. The third kappa shape index (κ3) is 1.47. The van der Waals surface area contributed by atoms with Crippen LogP contribution in [0.2, 0.25) is 0 Å². The Hall–Kier alpha value is -0.880. The van der Waals surface area contributed by atoms with Crippen LogP contribution in [0.25, 0.3) is 4.96 Å². The van der Waals surface area contributed by atoms with Crippen molar-refractivity contribution in [2.75, 3.05) is 7.05 Å². The minimum atomic E-state index is -0.160. The Morgan fingerprint density at radius 3 is 3.08 bits per heavy atom. The molecule has 1 N–H and O–H groups in total. The van der Waals surface area contributed by atoms with E-state index in [1.165, 1.54) is 11.3 Å². The summed E-state index contributed by atoms with van der Waals surface area (Å²) in [5, 5.41) is 2.52. The lowest BCUT2D eigenvalue weighted by atomic mass is 10.4. The Morgan fingerprint density at radius 2 is 2.46 bits per heavy atom. The van der Waals surface area contributed by atoms with Crippen molar-refractivity contribution in [2.45, 2.75) is 0 Å². The molecule has 1 amide bonds. The van der Waals surface area contributed by atoms with Crippen LogP contribution in [0.3, 0.4) is 0 Å². The Bertz CT molecular complexity index is 430. The quantitative estimate of drug-likeness (QED) is 0.844. The second kappa shape index (κ2) is 3.12. The lowest BCUT2D eigenvalue weighted by Gasteiger charge is -1.90. The second-order valence-corrected chi connectivity index (χ2v) is 4.82. The first-order chi connectivity index (χ1) is 6.20. The van der Waals surface area contributed by atoms with Gasteiger partial charge >= 0.3 is 0 Å². The number of thiazole rings is 1. The molecule has 2 aromatic rings. The van der Waals surface area contributed by atoms with Gasteiger partial charge in [-0.25, -0.2) is 4.98 Å². The molecule has 0 saturated heterocycles. The monoisotopic (exact) mass is 259 g/mol. The third-order valence-electron chi connectivity index (χ3n) is 1.59. The van der Waals surface area contributed by atoms with Gasteiger partial charge in [0.05, 0.1) is 3.79 Å². The number of carbonyl (C=O) groups excluding carboxylic acids is 1. The lowest BCUT2D eigenvalue weighted by molar-refractivity contribution is 0.0959. The zero-order valence-electron chi connectivity index (χ0n) is 6.74. The van der Waals surface area contributed by atoms with Crippen LogP contribution in [-0.4, -0.2) is 22.3 Å². The Labute approximate surface area is 86.7 Å². The maximum atomic E-state index is 11.2. The zero-order valence-corrected chi connectivity index (χ0v) is 9.15. The number of nitrogens with zero attached hydrogens (tertiary/aromatic N) is 2. The fourth-order valence-electron chi connectivity index (χ4n) is 1.01. The summed E-state index contributed by atoms with van der Waals surface area (Å²) in [4.78, 5) is 16.1. The highest BCUT2D eigenvalue weighted by atomic mass is 79.9. The molecule has 2 heterocycles. The van der Waals surface area contributed by atoms with Crippen LogP contribution < -0.4 is 5.32 Å². The Kier molecular flexibility index (Phi) is 2.09. The smallest absolute Gasteiger partial charge is 0.271 e. The molecule has 68 valence electrons. The molecule has 13 heavy (non-hydrogen) atoms. The van der Waals surface area contributed by atoms with Gasteiger partial charge in [-0.15, -0.1) is 0 Å². The summed E-state index contributed by atoms with van der Waals surface area (Å²) in [6.45, 7) is 0. The number of amides is 1. The minimum absolute atomic E-state index is 0.160. The second-order valence-electron chi connectivity index (χ2n) is 2.43. The maximum absolute atomic E-state index is 11.2. The molecular weight excluding hydrogens is 254 g/mol. The normalized spacial score (nSPS) is 10.6. The van der Waals surface area contributed by atoms with Gasteiger partial charge < -0.3 is 5.32 Å². The molecule has 0 bridgehead atoms. The van der Waals surface area contributed by atoms with E-state index >= 15 is 0 Å². The van der Waals surface area contributed by atoms with E-state index in [4.69, 9.17) is 0 Å². The molecule has 0 aliphatic heterocycles. The first-order valence-corrected chi connectivity index (χ1v) is 5.18. The van der Waals surface area contributed by atoms with Gasteiger partial charge in [-0.2, -0.15) is 0 Å². The van der Waals surface area contributed by atoms with Crippen molar-refractivity contribution >= 4 is 38.1 Å². The molecular formula is C7H6BrN3OS. The number of fused-ring (bicyclic) bond motifs is 1. The predicted octanol–water partition coefficient (Wildman–Crippen LogP) is 1.52. The number of imidazole rings is 1. The van der Waals surface area contributed by atoms with Crippen LogP contribution in [0.5, 0.6) is 0 Å². The van der Waals surface area contributed by atoms with Gasteiger partial charge in [0.2, 0.25) is 0 Å². The molecule has 0 radical (unpaired) electrons. The summed E-state index contributed by atoms with van der Waals surface area (Å²) in [6.07, 6.45) is 3.58. The van der Waals surface area contributed by atoms with Crippen LogP contribution in [-0.2, 0) is 0 Å². The molecule has 0 fully saturated rings. The number of carbonyl (C=O) groups is 1. The average molecular weight is 260 g/mol. The van der Waals surface area contributed by atoms with E-state index in [-0.39, 0.29) is 5.91 Å². The van der Waals surface area contributed by atoms with Crippen molar-refractivity contribution in [1.29, 1.82) is 0 Å². The summed E-state index contributed by atoms with van der Waals surface area (Å²) in [5.74, 6) is -0.160. The van der Waals surface area contributed by atoms with Crippen molar-refractivity contribution < 1.29 is 4.79 Å². The first-order valence-electron chi connectivity index (χ1n) is 3.57. The van der Waals surface area contributed by atoms with E-state index < -0.39 is 0 Å². The van der Waals surface area contributed by atoms with Gasteiger partial charge in [0.15, 0.2) is 4.96 Å². The van der Waals surface area contributed by atoms with E-state index in [1.807, 2.05) is 10.6 Å². The molecule has 2 aromatic heterocycles. The van der Waals surface area contributed by atoms with Crippen LogP contribution in [0.15, 0.2) is 16.2 Å². The van der Waals surface area contributed by atoms with Gasteiger partial charge in [0, 0.05) is 19.4 Å². The summed E-state index contributed by atoms with van der Waals surface area (Å²) in [5.41, 5.74) is 0.446. The van der Waals surface area contributed by atoms with Gasteiger partial charge in [0.1, 0.15) is 5.69 Å². The summed E-state index contributed by atoms with van der Waals surface area (Å²) >= 11 is 4.83. The summed E-state index contributed by atoms with van der Waals surface area (Å²) in [6, 6.07) is 0. The molecule has 0 aromatic carbocycles. The number of nitrogens with one attached hydrogen (secondary N) is 1. The van der Waals surface area contributed by atoms with E-state index in [2.05, 4.69) is 26.2 Å². The number of hydrogen-bond donors (Lipinski definition) is 1. The predicted molar refractivity (Wildman–Crippen MR) is 54.2 cm³/mol. The Morgan fingerprint density at radius 1 is 1.69 bits per heavy atom. The van der Waals surface area contributed by atoms with Crippen LogP contribution in [0.4, 0.5) is 0 Å². The van der Waals surface area contributed by atoms with Crippen molar-refractivity contribution in [1.82, 2.24) is 14.7 Å². The summed E-state index contributed by atoms with van der Waals surface area (Å²) in [7, 11) is 1.59. The fraction of sp³-hybridized carbons (Fsp3) is 0.143. The van der Waals surface area contributed by atoms with Gasteiger partial charge in [-0.1, -0.05) is 11.3 Å². The van der Waals surface area contributed by atoms with Gasteiger partial charge in [-0.3, -0.25) is 9.20 Å². The molecule has 6 heteroatoms. The molecule has 0 unspecified atom stereocenters. The minimum Gasteiger partial charge on any atom is -0.354 e. The van der Waals surface area contributed by atoms with Crippen molar-refractivity contribution in [3.05, 3.63) is 21.9 Å². The molecule has 0 atom stereocenters. The molecule has 2 rings (SSSR count). The molecule has 0 saturated carbocycles. The van der Waals surface area contributed by atoms with Gasteiger partial charge in [-0.05, 0) is 15.9 Å². The van der Waals surface area contributed by atoms with Crippen LogP contribution in [0.1, 0.15) is 10.5 Å². The maximum Gasteiger partial charge on any atom is 0.271 e. The standard InChI is InChI=1S/C7H6BrN3OS/c1-9-6(12)4-2-11-3-5(8)13-7(11)10-4/h2-3H,1H3,(H,9,12). The highest BCUT2D eigenvalue weighted by Gasteiger charge is 2.10. The molecule has 4 nitrogen and oxygen atoms in total. The summed E-state index contributed by atoms with van der Waals surface area (Å²) < 4.78 is 2.82. The van der Waals surface area contributed by atoms with Crippen molar-refractivity contribution in [3.63, 3.8) is 0 Å². The highest BCUT2D eigenvalue weighted by Crippen LogP contribution is 2.22. The topological polar surface area (TPSA) is 46.4 Å². The largest absolute Gasteiger partial charge is 0.354 e. The van der Waals surface area contributed by atoms with Crippen molar-refractivity contribution in [3.8, 4) is 0 Å². The van der Waals surface area contributed by atoms with Gasteiger partial charge in [0.25, 0.3) is 5.91 Å². The molecule has 0 aliphatic rings. The molecule has 0 spiro atoms. The third-order valence-corrected chi connectivity index (χ3v) is 3.06. The number of aromatic nitrogens is 2. The van der Waals surface area contributed by atoms with E-state index in [0.717, 1.165) is 8.75 Å². The number of halogens is 1. The van der Waals surface area contributed by atoms with Crippen LogP contribution in [0, 0.1) is 0 Å².